The first-order valence-corrected chi connectivity index (χ1v) is 8.06. The lowest BCUT2D eigenvalue weighted by Gasteiger charge is -2.16. The summed E-state index contributed by atoms with van der Waals surface area (Å²) in [5, 5.41) is 4.89. The predicted octanol–water partition coefficient (Wildman–Crippen LogP) is 2.78. The maximum Gasteiger partial charge on any atom is 0.251 e. The summed E-state index contributed by atoms with van der Waals surface area (Å²) in [6.45, 7) is 3.46. The Labute approximate surface area is 133 Å². The zero-order valence-electron chi connectivity index (χ0n) is 12.6. The molecule has 3 aromatic rings. The third-order valence-corrected chi connectivity index (χ3v) is 4.39. The number of nitrogens with zero attached hydrogens (tertiary/aromatic N) is 3. The Kier molecular flexibility index (Phi) is 4.11. The third-order valence-electron chi connectivity index (χ3n) is 3.62. The molecule has 114 valence electrons. The largest absolute Gasteiger partial charge is 0.375 e. The Balaban J connectivity index is 1.62. The van der Waals surface area contributed by atoms with E-state index < -0.39 is 0 Å². The zero-order chi connectivity index (χ0) is 15.5. The number of hydrogen-bond acceptors (Lipinski definition) is 4. The molecule has 0 unspecified atom stereocenters. The number of carbonyl (C=O) groups is 1. The first-order chi connectivity index (χ1) is 10.7. The number of nitrogens with one attached hydrogen (secondary N) is 1. The molecule has 6 heteroatoms. The summed E-state index contributed by atoms with van der Waals surface area (Å²) in [5.41, 5.74) is 2.63. The highest BCUT2D eigenvalue weighted by atomic mass is 32.1. The maximum atomic E-state index is 12.2. The number of carbonyl (C=O) groups excluding carboxylic acids is 1. The highest BCUT2D eigenvalue weighted by Crippen LogP contribution is 2.14. The van der Waals surface area contributed by atoms with E-state index in [-0.39, 0.29) is 5.91 Å². The lowest BCUT2D eigenvalue weighted by molar-refractivity contribution is 0.0950. The van der Waals surface area contributed by atoms with Crippen molar-refractivity contribution in [2.75, 3.05) is 18.5 Å². The molecule has 0 aliphatic rings. The average Bonchev–Trinajstić information content (AvgIpc) is 3.13. The van der Waals surface area contributed by atoms with Crippen molar-refractivity contribution < 1.29 is 4.79 Å². The summed E-state index contributed by atoms with van der Waals surface area (Å²) in [4.78, 5) is 19.7. The molecule has 0 aliphatic heterocycles. The lowest BCUT2D eigenvalue weighted by Crippen LogP contribution is -2.23. The van der Waals surface area contributed by atoms with E-state index in [1.54, 1.807) is 11.3 Å². The van der Waals surface area contributed by atoms with E-state index in [0.717, 1.165) is 22.9 Å². The minimum atomic E-state index is -0.0814. The van der Waals surface area contributed by atoms with Crippen LogP contribution in [0.4, 0.5) is 5.69 Å². The molecule has 0 bridgehead atoms. The number of benzene rings is 1. The molecule has 0 radical (unpaired) electrons. The van der Waals surface area contributed by atoms with E-state index in [4.69, 9.17) is 0 Å². The fraction of sp³-hybridized carbons (Fsp3) is 0.250. The SMILES string of the molecule is CCN(C)c1ccc(C(=O)NCc2cn3ccsc3n2)cc1. The highest BCUT2D eigenvalue weighted by Gasteiger charge is 2.08. The third kappa shape index (κ3) is 2.96. The van der Waals surface area contributed by atoms with E-state index in [1.807, 2.05) is 53.5 Å². The first-order valence-electron chi connectivity index (χ1n) is 7.18. The predicted molar refractivity (Wildman–Crippen MR) is 89.6 cm³/mol. The topological polar surface area (TPSA) is 49.6 Å². The molecule has 22 heavy (non-hydrogen) atoms. The minimum Gasteiger partial charge on any atom is -0.375 e. The van der Waals surface area contributed by atoms with Crippen LogP contribution in [0.25, 0.3) is 4.96 Å². The van der Waals surface area contributed by atoms with Crippen molar-refractivity contribution >= 4 is 27.9 Å². The summed E-state index contributed by atoms with van der Waals surface area (Å²) in [5.74, 6) is -0.0814. The van der Waals surface area contributed by atoms with Crippen LogP contribution in [0.2, 0.25) is 0 Å². The number of hydrogen-bond donors (Lipinski definition) is 1. The number of anilines is 1. The zero-order valence-corrected chi connectivity index (χ0v) is 13.4. The summed E-state index contributed by atoms with van der Waals surface area (Å²) >= 11 is 1.58. The molecule has 2 aromatic heterocycles. The first kappa shape index (κ1) is 14.6. The van der Waals surface area contributed by atoms with E-state index in [1.165, 1.54) is 0 Å². The molecular formula is C16H18N4OS. The van der Waals surface area contributed by atoms with Gasteiger partial charge in [-0.25, -0.2) is 4.98 Å². The van der Waals surface area contributed by atoms with Crippen LogP contribution < -0.4 is 10.2 Å². The van der Waals surface area contributed by atoms with Gasteiger partial charge < -0.3 is 10.2 Å². The van der Waals surface area contributed by atoms with Gasteiger partial charge in [-0.05, 0) is 31.2 Å². The van der Waals surface area contributed by atoms with Crippen LogP contribution in [0, 0.1) is 0 Å². The van der Waals surface area contributed by atoms with Crippen LogP contribution in [-0.4, -0.2) is 28.9 Å². The second kappa shape index (κ2) is 6.19. The molecule has 3 rings (SSSR count). The molecule has 2 heterocycles. The summed E-state index contributed by atoms with van der Waals surface area (Å²) in [6, 6.07) is 7.63. The highest BCUT2D eigenvalue weighted by molar-refractivity contribution is 7.15. The van der Waals surface area contributed by atoms with Crippen LogP contribution >= 0.6 is 11.3 Å². The van der Waals surface area contributed by atoms with Crippen LogP contribution in [0.15, 0.2) is 42.0 Å². The quantitative estimate of drug-likeness (QED) is 0.788. The minimum absolute atomic E-state index is 0.0814. The number of rotatable bonds is 5. The maximum absolute atomic E-state index is 12.2. The van der Waals surface area contributed by atoms with Crippen molar-refractivity contribution in [3.63, 3.8) is 0 Å². The summed E-state index contributed by atoms with van der Waals surface area (Å²) < 4.78 is 1.96. The van der Waals surface area contributed by atoms with E-state index in [2.05, 4.69) is 22.1 Å². The van der Waals surface area contributed by atoms with Gasteiger partial charge in [-0.3, -0.25) is 9.20 Å². The smallest absolute Gasteiger partial charge is 0.251 e. The summed E-state index contributed by atoms with van der Waals surface area (Å²) in [6.07, 6.45) is 3.90. The van der Waals surface area contributed by atoms with Crippen molar-refractivity contribution in [3.05, 3.63) is 53.3 Å². The number of fused-ring (bicyclic) bond motifs is 1. The molecule has 0 saturated heterocycles. The van der Waals surface area contributed by atoms with Gasteiger partial charge in [0.05, 0.1) is 12.2 Å². The van der Waals surface area contributed by atoms with Crippen molar-refractivity contribution in [1.29, 1.82) is 0 Å². The molecule has 0 atom stereocenters. The Morgan fingerprint density at radius 3 is 2.82 bits per heavy atom. The number of aromatic nitrogens is 2. The average molecular weight is 314 g/mol. The van der Waals surface area contributed by atoms with Crippen LogP contribution in [-0.2, 0) is 6.54 Å². The van der Waals surface area contributed by atoms with Crippen LogP contribution in [0.5, 0.6) is 0 Å². The van der Waals surface area contributed by atoms with Gasteiger partial charge in [-0.2, -0.15) is 0 Å². The number of imidazole rings is 1. The van der Waals surface area contributed by atoms with Gasteiger partial charge in [-0.15, -0.1) is 11.3 Å². The van der Waals surface area contributed by atoms with Gasteiger partial charge in [0.1, 0.15) is 0 Å². The van der Waals surface area contributed by atoms with E-state index in [9.17, 15) is 4.79 Å². The van der Waals surface area contributed by atoms with Crippen LogP contribution in [0.3, 0.4) is 0 Å². The number of thiazole rings is 1. The Morgan fingerprint density at radius 2 is 2.14 bits per heavy atom. The molecule has 0 fully saturated rings. The van der Waals surface area contributed by atoms with Gasteiger partial charge in [-0.1, -0.05) is 0 Å². The fourth-order valence-corrected chi connectivity index (χ4v) is 2.90. The second-order valence-electron chi connectivity index (χ2n) is 5.07. The number of amides is 1. The molecule has 1 aromatic carbocycles. The Hall–Kier alpha value is -2.34. The molecule has 1 amide bonds. The molecule has 0 spiro atoms. The van der Waals surface area contributed by atoms with Gasteiger partial charge in [0.2, 0.25) is 0 Å². The van der Waals surface area contributed by atoms with Crippen molar-refractivity contribution in [2.45, 2.75) is 13.5 Å². The van der Waals surface area contributed by atoms with Gasteiger partial charge in [0, 0.05) is 42.6 Å². The molecule has 0 saturated carbocycles. The molecule has 5 nitrogen and oxygen atoms in total. The van der Waals surface area contributed by atoms with Crippen LogP contribution in [0.1, 0.15) is 23.0 Å². The van der Waals surface area contributed by atoms with Crippen molar-refractivity contribution in [2.24, 2.45) is 0 Å². The second-order valence-corrected chi connectivity index (χ2v) is 5.94. The van der Waals surface area contributed by atoms with E-state index in [0.29, 0.717) is 12.1 Å². The van der Waals surface area contributed by atoms with Crippen molar-refractivity contribution in [3.8, 4) is 0 Å². The van der Waals surface area contributed by atoms with Gasteiger partial charge in [0.15, 0.2) is 4.96 Å². The molecule has 1 N–H and O–H groups in total. The normalized spacial score (nSPS) is 10.8. The fourth-order valence-electron chi connectivity index (χ4n) is 2.18. The molecule has 0 aliphatic carbocycles. The standard InChI is InChI=1S/C16H18N4OS/c1-3-19(2)14-6-4-12(5-7-14)15(21)17-10-13-11-20-8-9-22-16(20)18-13/h4-9,11H,3,10H2,1-2H3,(H,17,21). The monoisotopic (exact) mass is 314 g/mol. The Bertz CT molecular complexity index is 746. The van der Waals surface area contributed by atoms with E-state index >= 15 is 0 Å². The van der Waals surface area contributed by atoms with Gasteiger partial charge >= 0.3 is 0 Å². The van der Waals surface area contributed by atoms with Crippen molar-refractivity contribution in [1.82, 2.24) is 14.7 Å². The lowest BCUT2D eigenvalue weighted by atomic mass is 10.2. The van der Waals surface area contributed by atoms with Gasteiger partial charge in [0.25, 0.3) is 5.91 Å². The Morgan fingerprint density at radius 1 is 1.36 bits per heavy atom. The summed E-state index contributed by atoms with van der Waals surface area (Å²) in [7, 11) is 2.03. The molecular weight excluding hydrogens is 296 g/mol.